The molecule has 0 aromatic heterocycles. The van der Waals surface area contributed by atoms with E-state index in [1.54, 1.807) is 24.3 Å². The third kappa shape index (κ3) is 3.65. The van der Waals surface area contributed by atoms with Gasteiger partial charge in [-0.2, -0.15) is 0 Å². The number of carbonyl (C=O) groups excluding carboxylic acids is 4. The van der Waals surface area contributed by atoms with Crippen LogP contribution in [-0.2, 0) is 14.4 Å². The van der Waals surface area contributed by atoms with Crippen LogP contribution in [0.5, 0.6) is 0 Å². The Bertz CT molecular complexity index is 612. The molecule has 7 heteroatoms. The normalized spacial score (nSPS) is 17.9. The molecule has 0 aliphatic carbocycles. The zero-order chi connectivity index (χ0) is 15.4. The predicted molar refractivity (Wildman–Crippen MR) is 74.4 cm³/mol. The first kappa shape index (κ1) is 14.7. The number of hydrogen-bond acceptors (Lipinski definition) is 4. The highest BCUT2D eigenvalue weighted by Gasteiger charge is 2.28. The van der Waals surface area contributed by atoms with Crippen molar-refractivity contribution < 1.29 is 19.2 Å². The Morgan fingerprint density at radius 3 is 2.62 bits per heavy atom. The monoisotopic (exact) mass is 289 g/mol. The van der Waals surface area contributed by atoms with Crippen LogP contribution in [0.3, 0.4) is 0 Å². The van der Waals surface area contributed by atoms with Gasteiger partial charge in [-0.25, -0.2) is 0 Å². The highest BCUT2D eigenvalue weighted by atomic mass is 16.2. The van der Waals surface area contributed by atoms with Crippen molar-refractivity contribution in [2.45, 2.75) is 25.8 Å². The maximum absolute atomic E-state index is 12.2. The van der Waals surface area contributed by atoms with Crippen molar-refractivity contribution in [3.8, 4) is 0 Å². The first-order valence-electron chi connectivity index (χ1n) is 6.48. The molecule has 1 unspecified atom stereocenters. The fourth-order valence-electron chi connectivity index (χ4n) is 2.05. The van der Waals surface area contributed by atoms with Crippen LogP contribution in [0.25, 0.3) is 0 Å². The van der Waals surface area contributed by atoms with E-state index < -0.39 is 17.9 Å². The lowest BCUT2D eigenvalue weighted by Crippen LogP contribution is -2.52. The number of anilines is 1. The number of nitrogens with one attached hydrogen (secondary N) is 3. The van der Waals surface area contributed by atoms with Gasteiger partial charge in [-0.05, 0) is 18.6 Å². The van der Waals surface area contributed by atoms with Crippen molar-refractivity contribution in [1.29, 1.82) is 0 Å². The first-order chi connectivity index (χ1) is 9.97. The van der Waals surface area contributed by atoms with E-state index in [1.807, 2.05) is 0 Å². The molecule has 110 valence electrons. The summed E-state index contributed by atoms with van der Waals surface area (Å²) in [7, 11) is 0. The molecule has 2 rings (SSSR count). The number of imide groups is 1. The standard InChI is InChI=1S/C14H15N3O4/c1-8(18)15-10-5-3-2-4-9(10)13(20)16-11-6-7-12(19)17-14(11)21/h2-5,11H,6-7H2,1H3,(H,15,18)(H,16,20)(H,17,19,21). The van der Waals surface area contributed by atoms with Gasteiger partial charge in [0, 0.05) is 13.3 Å². The number of hydrogen-bond donors (Lipinski definition) is 3. The lowest BCUT2D eigenvalue weighted by molar-refractivity contribution is -0.134. The molecule has 1 aromatic rings. The molecule has 3 N–H and O–H groups in total. The van der Waals surface area contributed by atoms with Crippen molar-refractivity contribution in [3.05, 3.63) is 29.8 Å². The molecule has 4 amide bonds. The SMILES string of the molecule is CC(=O)Nc1ccccc1C(=O)NC1CCC(=O)NC1=O. The van der Waals surface area contributed by atoms with Crippen molar-refractivity contribution >= 4 is 29.3 Å². The maximum Gasteiger partial charge on any atom is 0.254 e. The maximum atomic E-state index is 12.2. The molecule has 7 nitrogen and oxygen atoms in total. The molecule has 1 heterocycles. The molecule has 0 bridgehead atoms. The van der Waals surface area contributed by atoms with Gasteiger partial charge < -0.3 is 10.6 Å². The van der Waals surface area contributed by atoms with E-state index in [9.17, 15) is 19.2 Å². The summed E-state index contributed by atoms with van der Waals surface area (Å²) in [6.45, 7) is 1.34. The smallest absolute Gasteiger partial charge is 0.254 e. The van der Waals surface area contributed by atoms with Crippen LogP contribution >= 0.6 is 0 Å². The predicted octanol–water partition coefficient (Wildman–Crippen LogP) is 0.180. The van der Waals surface area contributed by atoms with Gasteiger partial charge >= 0.3 is 0 Å². The van der Waals surface area contributed by atoms with Crippen LogP contribution in [0.1, 0.15) is 30.1 Å². The zero-order valence-electron chi connectivity index (χ0n) is 11.4. The number of benzene rings is 1. The van der Waals surface area contributed by atoms with Gasteiger partial charge in [0.15, 0.2) is 0 Å². The minimum Gasteiger partial charge on any atom is -0.340 e. The van der Waals surface area contributed by atoms with Crippen LogP contribution in [-0.4, -0.2) is 29.7 Å². The molecule has 1 aliphatic heterocycles. The second kappa shape index (κ2) is 6.17. The molecular weight excluding hydrogens is 274 g/mol. The van der Waals surface area contributed by atoms with Gasteiger partial charge in [-0.3, -0.25) is 24.5 Å². The van der Waals surface area contributed by atoms with Gasteiger partial charge in [-0.15, -0.1) is 0 Å². The van der Waals surface area contributed by atoms with Crippen molar-refractivity contribution in [2.24, 2.45) is 0 Å². The summed E-state index contributed by atoms with van der Waals surface area (Å²) in [5, 5.41) is 7.29. The summed E-state index contributed by atoms with van der Waals surface area (Å²) < 4.78 is 0. The highest BCUT2D eigenvalue weighted by Crippen LogP contribution is 2.16. The number of piperidine rings is 1. The minimum atomic E-state index is -0.749. The molecule has 1 fully saturated rings. The average Bonchev–Trinajstić information content (AvgIpc) is 2.42. The van der Waals surface area contributed by atoms with Gasteiger partial charge in [0.2, 0.25) is 17.7 Å². The number of amides is 4. The van der Waals surface area contributed by atoms with E-state index in [2.05, 4.69) is 16.0 Å². The summed E-state index contributed by atoms with van der Waals surface area (Å²) in [6, 6.07) is 5.74. The Balaban J connectivity index is 2.12. The van der Waals surface area contributed by atoms with Crippen molar-refractivity contribution in [3.63, 3.8) is 0 Å². The number of para-hydroxylation sites is 1. The first-order valence-corrected chi connectivity index (χ1v) is 6.48. The Kier molecular flexibility index (Phi) is 4.32. The van der Waals surface area contributed by atoms with Crippen LogP contribution in [0.2, 0.25) is 0 Å². The van der Waals surface area contributed by atoms with Crippen LogP contribution < -0.4 is 16.0 Å². The third-order valence-corrected chi connectivity index (χ3v) is 3.03. The average molecular weight is 289 g/mol. The second-order valence-corrected chi connectivity index (χ2v) is 4.70. The number of carbonyl (C=O) groups is 4. The van der Waals surface area contributed by atoms with Gasteiger partial charge in [-0.1, -0.05) is 12.1 Å². The topological polar surface area (TPSA) is 104 Å². The fraction of sp³-hybridized carbons (Fsp3) is 0.286. The molecule has 1 saturated heterocycles. The van der Waals surface area contributed by atoms with E-state index in [0.29, 0.717) is 5.69 Å². The second-order valence-electron chi connectivity index (χ2n) is 4.70. The van der Waals surface area contributed by atoms with E-state index >= 15 is 0 Å². The lowest BCUT2D eigenvalue weighted by Gasteiger charge is -2.22. The molecular formula is C14H15N3O4. The summed E-state index contributed by atoms with van der Waals surface area (Å²) in [6.07, 6.45) is 0.447. The van der Waals surface area contributed by atoms with Gasteiger partial charge in [0.1, 0.15) is 6.04 Å². The van der Waals surface area contributed by atoms with E-state index in [-0.39, 0.29) is 30.2 Å². The van der Waals surface area contributed by atoms with Gasteiger partial charge in [0.25, 0.3) is 5.91 Å². The third-order valence-electron chi connectivity index (χ3n) is 3.03. The number of rotatable bonds is 3. The fourth-order valence-corrected chi connectivity index (χ4v) is 2.05. The summed E-state index contributed by atoms with van der Waals surface area (Å²) in [4.78, 5) is 46.0. The Morgan fingerprint density at radius 2 is 1.95 bits per heavy atom. The van der Waals surface area contributed by atoms with Crippen LogP contribution in [0.15, 0.2) is 24.3 Å². The quantitative estimate of drug-likeness (QED) is 0.690. The van der Waals surface area contributed by atoms with E-state index in [1.165, 1.54) is 6.92 Å². The molecule has 1 atom stereocenters. The minimum absolute atomic E-state index is 0.185. The van der Waals surface area contributed by atoms with Crippen molar-refractivity contribution in [1.82, 2.24) is 10.6 Å². The molecule has 1 aliphatic rings. The Morgan fingerprint density at radius 1 is 1.24 bits per heavy atom. The van der Waals surface area contributed by atoms with Crippen LogP contribution in [0.4, 0.5) is 5.69 Å². The van der Waals surface area contributed by atoms with E-state index in [0.717, 1.165) is 0 Å². The summed E-state index contributed by atoms with van der Waals surface area (Å²) in [5.41, 5.74) is 0.632. The molecule has 1 aromatic carbocycles. The van der Waals surface area contributed by atoms with Gasteiger partial charge in [0.05, 0.1) is 11.3 Å². The summed E-state index contributed by atoms with van der Waals surface area (Å²) >= 11 is 0. The Hall–Kier alpha value is -2.70. The lowest BCUT2D eigenvalue weighted by atomic mass is 10.1. The molecule has 21 heavy (non-hydrogen) atoms. The molecule has 0 radical (unpaired) electrons. The van der Waals surface area contributed by atoms with Crippen molar-refractivity contribution in [2.75, 3.05) is 5.32 Å². The largest absolute Gasteiger partial charge is 0.340 e. The molecule has 0 spiro atoms. The zero-order valence-corrected chi connectivity index (χ0v) is 11.4. The highest BCUT2D eigenvalue weighted by molar-refractivity contribution is 6.06. The Labute approximate surface area is 121 Å². The molecule has 0 saturated carbocycles. The van der Waals surface area contributed by atoms with E-state index in [4.69, 9.17) is 0 Å². The van der Waals surface area contributed by atoms with Crippen LogP contribution in [0, 0.1) is 0 Å². The summed E-state index contributed by atoms with van der Waals surface area (Å²) in [5.74, 6) is -1.63.